The Balaban J connectivity index is 3.71. The summed E-state index contributed by atoms with van der Waals surface area (Å²) in [5, 5.41) is 0. The van der Waals surface area contributed by atoms with Crippen molar-refractivity contribution in [1.29, 1.82) is 0 Å². The minimum atomic E-state index is 0.915. The molecule has 0 nitrogen and oxygen atoms in total. The maximum absolute atomic E-state index is 2.35. The summed E-state index contributed by atoms with van der Waals surface area (Å²) < 4.78 is 0. The summed E-state index contributed by atoms with van der Waals surface area (Å²) in [5.41, 5.74) is 1.57. The van der Waals surface area contributed by atoms with Gasteiger partial charge in [-0.2, -0.15) is 0 Å². The van der Waals surface area contributed by atoms with Crippen molar-refractivity contribution in [3.63, 3.8) is 0 Å². The molecule has 0 bridgehead atoms. The first-order valence-electron chi connectivity index (χ1n) is 4.90. The average molecular weight is 154 g/mol. The van der Waals surface area contributed by atoms with E-state index in [1.165, 1.54) is 25.7 Å². The van der Waals surface area contributed by atoms with Crippen LogP contribution in [0.1, 0.15) is 53.4 Å². The van der Waals surface area contributed by atoms with Crippen molar-refractivity contribution in [2.24, 2.45) is 5.92 Å². The summed E-state index contributed by atoms with van der Waals surface area (Å²) in [6, 6.07) is 0. The average Bonchev–Trinajstić information content (AvgIpc) is 2.01. The summed E-state index contributed by atoms with van der Waals surface area (Å²) in [5.74, 6) is 0.915. The molecule has 0 heterocycles. The Morgan fingerprint density at radius 1 is 1.18 bits per heavy atom. The van der Waals surface area contributed by atoms with E-state index in [1.54, 1.807) is 5.57 Å². The lowest BCUT2D eigenvalue weighted by Crippen LogP contribution is -1.96. The van der Waals surface area contributed by atoms with Crippen LogP contribution >= 0.6 is 0 Å². The summed E-state index contributed by atoms with van der Waals surface area (Å²) >= 11 is 0. The standard InChI is InChI=1S/C11H22/c1-5-8-10(4)9-11(6-2)7-3/h8,11H,5-7,9H2,1-4H3. The van der Waals surface area contributed by atoms with Crippen LogP contribution in [0.25, 0.3) is 0 Å². The van der Waals surface area contributed by atoms with E-state index in [2.05, 4.69) is 33.8 Å². The SMILES string of the molecule is CCC=C(C)CC(CC)CC. The van der Waals surface area contributed by atoms with Crippen molar-refractivity contribution in [3.05, 3.63) is 11.6 Å². The molecule has 0 saturated carbocycles. The fraction of sp³-hybridized carbons (Fsp3) is 0.818. The molecule has 0 aromatic rings. The molecule has 0 N–H and O–H groups in total. The number of allylic oxidation sites excluding steroid dienone is 2. The highest BCUT2D eigenvalue weighted by molar-refractivity contribution is 4.98. The molecule has 0 aliphatic rings. The van der Waals surface area contributed by atoms with Crippen LogP contribution in [0.5, 0.6) is 0 Å². The van der Waals surface area contributed by atoms with E-state index in [1.807, 2.05) is 0 Å². The van der Waals surface area contributed by atoms with E-state index in [0.717, 1.165) is 5.92 Å². The summed E-state index contributed by atoms with van der Waals surface area (Å²) in [6.45, 7) is 9.03. The van der Waals surface area contributed by atoms with Crippen LogP contribution in [-0.4, -0.2) is 0 Å². The smallest absolute Gasteiger partial charge is 0.0295 e. The Morgan fingerprint density at radius 2 is 1.73 bits per heavy atom. The quantitative estimate of drug-likeness (QED) is 0.521. The minimum absolute atomic E-state index is 0.915. The predicted octanol–water partition coefficient (Wildman–Crippen LogP) is 4.17. The molecule has 0 radical (unpaired) electrons. The van der Waals surface area contributed by atoms with Crippen LogP contribution in [0.3, 0.4) is 0 Å². The van der Waals surface area contributed by atoms with Crippen molar-refractivity contribution in [2.45, 2.75) is 53.4 Å². The topological polar surface area (TPSA) is 0 Å². The Morgan fingerprint density at radius 3 is 2.09 bits per heavy atom. The van der Waals surface area contributed by atoms with Crippen LogP contribution < -0.4 is 0 Å². The number of rotatable bonds is 5. The van der Waals surface area contributed by atoms with E-state index in [0.29, 0.717) is 0 Å². The Kier molecular flexibility index (Phi) is 6.30. The first-order chi connectivity index (χ1) is 5.24. The van der Waals surface area contributed by atoms with Gasteiger partial charge in [-0.15, -0.1) is 0 Å². The molecule has 0 rings (SSSR count). The van der Waals surface area contributed by atoms with Gasteiger partial charge in [0.25, 0.3) is 0 Å². The van der Waals surface area contributed by atoms with Crippen LogP contribution in [0.2, 0.25) is 0 Å². The predicted molar refractivity (Wildman–Crippen MR) is 52.7 cm³/mol. The third kappa shape index (κ3) is 5.06. The largest absolute Gasteiger partial charge is 0.0859 e. The van der Waals surface area contributed by atoms with Gasteiger partial charge >= 0.3 is 0 Å². The number of hydrogen-bond donors (Lipinski definition) is 0. The van der Waals surface area contributed by atoms with E-state index in [-0.39, 0.29) is 0 Å². The summed E-state index contributed by atoms with van der Waals surface area (Å²) in [7, 11) is 0. The molecule has 11 heavy (non-hydrogen) atoms. The van der Waals surface area contributed by atoms with Crippen LogP contribution in [0.15, 0.2) is 11.6 Å². The fourth-order valence-electron chi connectivity index (χ4n) is 1.46. The third-order valence-corrected chi connectivity index (χ3v) is 2.32. The third-order valence-electron chi connectivity index (χ3n) is 2.32. The molecule has 0 aliphatic heterocycles. The zero-order valence-electron chi connectivity index (χ0n) is 8.48. The van der Waals surface area contributed by atoms with Gasteiger partial charge in [0.2, 0.25) is 0 Å². The molecule has 0 fully saturated rings. The van der Waals surface area contributed by atoms with Gasteiger partial charge in [-0.1, -0.05) is 45.3 Å². The molecule has 0 atom stereocenters. The molecule has 0 aromatic heterocycles. The molecule has 0 amide bonds. The lowest BCUT2D eigenvalue weighted by Gasteiger charge is -2.11. The van der Waals surface area contributed by atoms with Crippen LogP contribution in [0, 0.1) is 5.92 Å². The second-order valence-electron chi connectivity index (χ2n) is 3.35. The Bertz CT molecular complexity index is 107. The highest BCUT2D eigenvalue weighted by Gasteiger charge is 2.02. The maximum Gasteiger partial charge on any atom is -0.0295 e. The number of hydrogen-bond acceptors (Lipinski definition) is 0. The monoisotopic (exact) mass is 154 g/mol. The zero-order valence-corrected chi connectivity index (χ0v) is 8.48. The molecule has 0 aliphatic carbocycles. The Labute approximate surface area is 71.7 Å². The van der Waals surface area contributed by atoms with Gasteiger partial charge in [0.1, 0.15) is 0 Å². The normalized spacial score (nSPS) is 12.6. The molecular weight excluding hydrogens is 132 g/mol. The van der Waals surface area contributed by atoms with Gasteiger partial charge in [-0.05, 0) is 25.7 Å². The molecule has 0 unspecified atom stereocenters. The van der Waals surface area contributed by atoms with Gasteiger partial charge in [0.05, 0.1) is 0 Å². The van der Waals surface area contributed by atoms with Gasteiger partial charge in [-0.25, -0.2) is 0 Å². The van der Waals surface area contributed by atoms with E-state index in [4.69, 9.17) is 0 Å². The molecule has 0 heteroatoms. The molecule has 0 spiro atoms. The van der Waals surface area contributed by atoms with Crippen molar-refractivity contribution in [2.75, 3.05) is 0 Å². The second kappa shape index (κ2) is 6.45. The summed E-state index contributed by atoms with van der Waals surface area (Å²) in [6.07, 6.45) is 7.49. The molecule has 0 aromatic carbocycles. The van der Waals surface area contributed by atoms with Gasteiger partial charge in [0.15, 0.2) is 0 Å². The molecule has 66 valence electrons. The van der Waals surface area contributed by atoms with Crippen molar-refractivity contribution >= 4 is 0 Å². The van der Waals surface area contributed by atoms with Crippen molar-refractivity contribution in [3.8, 4) is 0 Å². The van der Waals surface area contributed by atoms with Crippen molar-refractivity contribution in [1.82, 2.24) is 0 Å². The van der Waals surface area contributed by atoms with Gasteiger partial charge in [-0.3, -0.25) is 0 Å². The molecule has 0 saturated heterocycles. The molecular formula is C11H22. The van der Waals surface area contributed by atoms with Gasteiger partial charge < -0.3 is 0 Å². The second-order valence-corrected chi connectivity index (χ2v) is 3.35. The van der Waals surface area contributed by atoms with Crippen LogP contribution in [-0.2, 0) is 0 Å². The Hall–Kier alpha value is -0.260. The van der Waals surface area contributed by atoms with E-state index in [9.17, 15) is 0 Å². The van der Waals surface area contributed by atoms with E-state index < -0.39 is 0 Å². The van der Waals surface area contributed by atoms with Crippen LogP contribution in [0.4, 0.5) is 0 Å². The lowest BCUT2D eigenvalue weighted by molar-refractivity contribution is 0.488. The first-order valence-corrected chi connectivity index (χ1v) is 4.90. The zero-order chi connectivity index (χ0) is 8.69. The minimum Gasteiger partial charge on any atom is -0.0859 e. The lowest BCUT2D eigenvalue weighted by atomic mass is 9.95. The highest BCUT2D eigenvalue weighted by Crippen LogP contribution is 2.17. The fourth-order valence-corrected chi connectivity index (χ4v) is 1.46. The summed E-state index contributed by atoms with van der Waals surface area (Å²) in [4.78, 5) is 0. The maximum atomic E-state index is 2.35. The highest BCUT2D eigenvalue weighted by atomic mass is 14.1. The van der Waals surface area contributed by atoms with Gasteiger partial charge in [0, 0.05) is 0 Å². The van der Waals surface area contributed by atoms with Crippen molar-refractivity contribution < 1.29 is 0 Å². The van der Waals surface area contributed by atoms with E-state index >= 15 is 0 Å². The first kappa shape index (κ1) is 10.7.